The van der Waals surface area contributed by atoms with Crippen molar-refractivity contribution in [3.8, 4) is 0 Å². The van der Waals surface area contributed by atoms with Crippen molar-refractivity contribution >= 4 is 51.8 Å². The summed E-state index contributed by atoms with van der Waals surface area (Å²) in [5, 5.41) is 13.9. The first kappa shape index (κ1) is 17.2. The standard InChI is InChI=1S/C15H13Cl2N5O3/c1-7(14(24)25)22-12-11(6-18-22)19-15(20-13(12)23)21(2)8-3-4-9(16)10(17)5-8/h3-7H,1-2H3,(H,24,25)(H,19,20,23). The van der Waals surface area contributed by atoms with Crippen molar-refractivity contribution in [2.45, 2.75) is 13.0 Å². The fourth-order valence-corrected chi connectivity index (χ4v) is 2.62. The maximum Gasteiger partial charge on any atom is 0.328 e. The summed E-state index contributed by atoms with van der Waals surface area (Å²) in [5.41, 5.74) is 0.570. The largest absolute Gasteiger partial charge is 0.480 e. The lowest BCUT2D eigenvalue weighted by Crippen LogP contribution is -2.23. The average Bonchev–Trinajstić information content (AvgIpc) is 3.00. The smallest absolute Gasteiger partial charge is 0.328 e. The highest BCUT2D eigenvalue weighted by molar-refractivity contribution is 6.42. The minimum absolute atomic E-state index is 0.0983. The molecule has 0 saturated heterocycles. The molecule has 10 heteroatoms. The van der Waals surface area contributed by atoms with Crippen molar-refractivity contribution in [3.63, 3.8) is 0 Å². The normalized spacial score (nSPS) is 12.3. The lowest BCUT2D eigenvalue weighted by Gasteiger charge is -2.18. The van der Waals surface area contributed by atoms with Crippen molar-refractivity contribution in [2.24, 2.45) is 0 Å². The summed E-state index contributed by atoms with van der Waals surface area (Å²) < 4.78 is 1.13. The first-order valence-electron chi connectivity index (χ1n) is 7.18. The van der Waals surface area contributed by atoms with Crippen molar-refractivity contribution < 1.29 is 9.90 Å². The number of carbonyl (C=O) groups is 1. The zero-order valence-electron chi connectivity index (χ0n) is 13.2. The molecule has 0 amide bonds. The van der Waals surface area contributed by atoms with Crippen LogP contribution in [0.15, 0.2) is 29.2 Å². The van der Waals surface area contributed by atoms with Crippen LogP contribution in [0.2, 0.25) is 10.0 Å². The van der Waals surface area contributed by atoms with E-state index in [0.29, 0.717) is 21.2 Å². The number of hydrogen-bond donors (Lipinski definition) is 2. The van der Waals surface area contributed by atoms with Crippen molar-refractivity contribution in [2.75, 3.05) is 11.9 Å². The molecule has 1 atom stereocenters. The van der Waals surface area contributed by atoms with E-state index in [1.165, 1.54) is 13.1 Å². The zero-order valence-corrected chi connectivity index (χ0v) is 14.7. The number of carboxylic acids is 1. The van der Waals surface area contributed by atoms with E-state index >= 15 is 0 Å². The Bertz CT molecular complexity index is 1030. The van der Waals surface area contributed by atoms with E-state index in [9.17, 15) is 9.59 Å². The number of halogens is 2. The quantitative estimate of drug-likeness (QED) is 0.719. The van der Waals surface area contributed by atoms with Gasteiger partial charge in [0.2, 0.25) is 5.95 Å². The van der Waals surface area contributed by atoms with Gasteiger partial charge in [0.15, 0.2) is 5.52 Å². The van der Waals surface area contributed by atoms with E-state index in [4.69, 9.17) is 28.3 Å². The van der Waals surface area contributed by atoms with Gasteiger partial charge in [0.05, 0.1) is 16.2 Å². The van der Waals surface area contributed by atoms with Gasteiger partial charge < -0.3 is 10.0 Å². The third kappa shape index (κ3) is 3.06. The molecule has 3 rings (SSSR count). The third-order valence-electron chi connectivity index (χ3n) is 3.78. The number of aromatic nitrogens is 4. The van der Waals surface area contributed by atoms with Gasteiger partial charge in [-0.05, 0) is 25.1 Å². The molecule has 0 spiro atoms. The van der Waals surface area contributed by atoms with E-state index in [1.807, 2.05) is 0 Å². The second-order valence-corrected chi connectivity index (χ2v) is 6.20. The molecule has 0 aliphatic carbocycles. The number of nitrogens with one attached hydrogen (secondary N) is 1. The Labute approximate surface area is 151 Å². The second-order valence-electron chi connectivity index (χ2n) is 5.38. The highest BCUT2D eigenvalue weighted by atomic mass is 35.5. The SMILES string of the molecule is CC(C(=O)O)n1ncc2nc(N(C)c3ccc(Cl)c(Cl)c3)[nH]c(=O)c21. The maximum atomic E-state index is 12.4. The molecule has 0 bridgehead atoms. The second kappa shape index (κ2) is 6.38. The van der Waals surface area contributed by atoms with E-state index in [2.05, 4.69) is 15.1 Å². The lowest BCUT2D eigenvalue weighted by molar-refractivity contribution is -0.140. The van der Waals surface area contributed by atoms with Gasteiger partial charge >= 0.3 is 5.97 Å². The van der Waals surface area contributed by atoms with Gasteiger partial charge in [-0.25, -0.2) is 14.5 Å². The van der Waals surface area contributed by atoms with E-state index in [0.717, 1.165) is 4.68 Å². The molecule has 25 heavy (non-hydrogen) atoms. The van der Waals surface area contributed by atoms with Crippen molar-refractivity contribution in [3.05, 3.63) is 44.8 Å². The first-order valence-corrected chi connectivity index (χ1v) is 7.94. The molecule has 8 nitrogen and oxygen atoms in total. The van der Waals surface area contributed by atoms with E-state index < -0.39 is 17.6 Å². The van der Waals surface area contributed by atoms with Crippen LogP contribution in [-0.2, 0) is 4.79 Å². The highest BCUT2D eigenvalue weighted by Crippen LogP contribution is 2.29. The molecular weight excluding hydrogens is 369 g/mol. The average molecular weight is 382 g/mol. The Kier molecular flexibility index (Phi) is 4.40. The van der Waals surface area contributed by atoms with Crippen LogP contribution in [0.5, 0.6) is 0 Å². The molecule has 2 heterocycles. The molecule has 1 unspecified atom stereocenters. The highest BCUT2D eigenvalue weighted by Gasteiger charge is 2.20. The number of benzene rings is 1. The minimum atomic E-state index is -1.10. The van der Waals surface area contributed by atoms with Gasteiger partial charge in [-0.2, -0.15) is 5.10 Å². The molecule has 0 saturated carbocycles. The number of aliphatic carboxylic acids is 1. The first-order chi connectivity index (χ1) is 11.8. The van der Waals surface area contributed by atoms with Gasteiger partial charge in [0, 0.05) is 12.7 Å². The fourth-order valence-electron chi connectivity index (χ4n) is 2.33. The molecular formula is C15H13Cl2N5O3. The van der Waals surface area contributed by atoms with Gasteiger partial charge in [-0.15, -0.1) is 0 Å². The Morgan fingerprint density at radius 3 is 2.72 bits per heavy atom. The van der Waals surface area contributed by atoms with Gasteiger partial charge in [0.25, 0.3) is 5.56 Å². The van der Waals surface area contributed by atoms with E-state index in [1.54, 1.807) is 30.1 Å². The van der Waals surface area contributed by atoms with E-state index in [-0.39, 0.29) is 11.5 Å². The summed E-state index contributed by atoms with van der Waals surface area (Å²) in [7, 11) is 1.70. The van der Waals surface area contributed by atoms with Crippen LogP contribution in [-0.4, -0.2) is 37.9 Å². The van der Waals surface area contributed by atoms with Crippen LogP contribution in [0.25, 0.3) is 11.0 Å². The Morgan fingerprint density at radius 1 is 1.36 bits per heavy atom. The number of aromatic amines is 1. The molecule has 2 aromatic heterocycles. The predicted molar refractivity (Wildman–Crippen MR) is 95.0 cm³/mol. The summed E-state index contributed by atoms with van der Waals surface area (Å²) in [6.45, 7) is 1.43. The number of hydrogen-bond acceptors (Lipinski definition) is 5. The Morgan fingerprint density at radius 2 is 2.08 bits per heavy atom. The number of H-pyrrole nitrogens is 1. The number of rotatable bonds is 4. The van der Waals surface area contributed by atoms with Crippen LogP contribution < -0.4 is 10.5 Å². The number of carboxylic acid groups (broad SMARTS) is 1. The van der Waals surface area contributed by atoms with Crippen molar-refractivity contribution in [1.29, 1.82) is 0 Å². The summed E-state index contributed by atoms with van der Waals surface area (Å²) >= 11 is 11.9. The molecule has 1 aromatic carbocycles. The number of fused-ring (bicyclic) bond motifs is 1. The Balaban J connectivity index is 2.08. The van der Waals surface area contributed by atoms with Crippen molar-refractivity contribution in [1.82, 2.24) is 19.7 Å². The molecule has 0 radical (unpaired) electrons. The Hall–Kier alpha value is -2.58. The van der Waals surface area contributed by atoms with Gasteiger partial charge in [-0.1, -0.05) is 23.2 Å². The van der Waals surface area contributed by atoms with Crippen LogP contribution in [0, 0.1) is 0 Å². The fraction of sp³-hybridized carbons (Fsp3) is 0.200. The third-order valence-corrected chi connectivity index (χ3v) is 4.51. The molecule has 130 valence electrons. The van der Waals surface area contributed by atoms with Crippen LogP contribution >= 0.6 is 23.2 Å². The molecule has 3 aromatic rings. The monoisotopic (exact) mass is 381 g/mol. The summed E-state index contributed by atoms with van der Waals surface area (Å²) in [6.07, 6.45) is 1.36. The van der Waals surface area contributed by atoms with Crippen LogP contribution in [0.1, 0.15) is 13.0 Å². The van der Waals surface area contributed by atoms with Gasteiger partial charge in [0.1, 0.15) is 11.6 Å². The molecule has 0 aliphatic rings. The molecule has 2 N–H and O–H groups in total. The van der Waals surface area contributed by atoms with Crippen LogP contribution in [0.3, 0.4) is 0 Å². The predicted octanol–water partition coefficient (Wildman–Crippen LogP) is 2.84. The van der Waals surface area contributed by atoms with Gasteiger partial charge in [-0.3, -0.25) is 9.78 Å². The summed E-state index contributed by atoms with van der Waals surface area (Å²) in [5.74, 6) is -0.834. The summed E-state index contributed by atoms with van der Waals surface area (Å²) in [6, 6.07) is 4.02. The summed E-state index contributed by atoms with van der Waals surface area (Å²) in [4.78, 5) is 32.2. The minimum Gasteiger partial charge on any atom is -0.480 e. The zero-order chi connectivity index (χ0) is 18.3. The lowest BCUT2D eigenvalue weighted by atomic mass is 10.3. The van der Waals surface area contributed by atoms with Crippen LogP contribution in [0.4, 0.5) is 11.6 Å². The molecule has 0 fully saturated rings. The molecule has 0 aliphatic heterocycles. The maximum absolute atomic E-state index is 12.4. The number of anilines is 2. The topological polar surface area (TPSA) is 104 Å². The number of nitrogens with zero attached hydrogens (tertiary/aromatic N) is 4.